The third-order valence-corrected chi connectivity index (χ3v) is 3.10. The summed E-state index contributed by atoms with van der Waals surface area (Å²) in [6.45, 7) is 9.94. The van der Waals surface area contributed by atoms with Crippen molar-refractivity contribution >= 4 is 17.7 Å². The first-order valence-electron chi connectivity index (χ1n) is 5.82. The molecule has 0 saturated heterocycles. The van der Waals surface area contributed by atoms with Gasteiger partial charge >= 0.3 is 0 Å². The van der Waals surface area contributed by atoms with Crippen LogP contribution in [0.4, 0.5) is 0 Å². The van der Waals surface area contributed by atoms with Crippen LogP contribution in [-0.2, 0) is 0 Å². The van der Waals surface area contributed by atoms with E-state index in [0.29, 0.717) is 12.1 Å². The SMILES string of the molecule is C=CCNC(=O)c1c(C)nc(C(C)C)nc1SC. The van der Waals surface area contributed by atoms with Crippen molar-refractivity contribution in [2.24, 2.45) is 0 Å². The quantitative estimate of drug-likeness (QED) is 0.505. The van der Waals surface area contributed by atoms with E-state index in [2.05, 4.69) is 21.9 Å². The van der Waals surface area contributed by atoms with Gasteiger partial charge in [-0.15, -0.1) is 18.3 Å². The van der Waals surface area contributed by atoms with Crippen molar-refractivity contribution in [3.63, 3.8) is 0 Å². The second-order valence-corrected chi connectivity index (χ2v) is 5.00. The maximum Gasteiger partial charge on any atom is 0.256 e. The van der Waals surface area contributed by atoms with Crippen molar-refractivity contribution in [1.82, 2.24) is 15.3 Å². The smallest absolute Gasteiger partial charge is 0.256 e. The average molecular weight is 265 g/mol. The molecule has 0 aliphatic rings. The van der Waals surface area contributed by atoms with Gasteiger partial charge in [0.2, 0.25) is 0 Å². The van der Waals surface area contributed by atoms with E-state index in [4.69, 9.17) is 0 Å². The second-order valence-electron chi connectivity index (χ2n) is 4.20. The number of amides is 1. The fraction of sp³-hybridized carbons (Fsp3) is 0.462. The molecule has 0 aliphatic heterocycles. The molecule has 0 spiro atoms. The number of hydrogen-bond acceptors (Lipinski definition) is 4. The van der Waals surface area contributed by atoms with E-state index >= 15 is 0 Å². The van der Waals surface area contributed by atoms with Gasteiger partial charge in [-0.1, -0.05) is 19.9 Å². The van der Waals surface area contributed by atoms with Crippen LogP contribution in [-0.4, -0.2) is 28.7 Å². The monoisotopic (exact) mass is 265 g/mol. The van der Waals surface area contributed by atoms with Crippen molar-refractivity contribution in [2.75, 3.05) is 12.8 Å². The van der Waals surface area contributed by atoms with Gasteiger partial charge in [-0.2, -0.15) is 0 Å². The van der Waals surface area contributed by atoms with Gasteiger partial charge in [0.15, 0.2) is 0 Å². The lowest BCUT2D eigenvalue weighted by molar-refractivity contribution is 0.0953. The summed E-state index contributed by atoms with van der Waals surface area (Å²) >= 11 is 1.47. The van der Waals surface area contributed by atoms with Gasteiger partial charge in [-0.3, -0.25) is 4.79 Å². The van der Waals surface area contributed by atoms with Crippen LogP contribution in [0.3, 0.4) is 0 Å². The highest BCUT2D eigenvalue weighted by Crippen LogP contribution is 2.22. The Hall–Kier alpha value is -1.36. The van der Waals surface area contributed by atoms with Gasteiger partial charge in [0.1, 0.15) is 10.9 Å². The highest BCUT2D eigenvalue weighted by atomic mass is 32.2. The molecule has 1 aromatic rings. The van der Waals surface area contributed by atoms with Gasteiger partial charge in [-0.25, -0.2) is 9.97 Å². The van der Waals surface area contributed by atoms with Crippen LogP contribution in [0.5, 0.6) is 0 Å². The van der Waals surface area contributed by atoms with Crippen molar-refractivity contribution in [3.05, 3.63) is 29.7 Å². The zero-order valence-corrected chi connectivity index (χ0v) is 12.1. The maximum atomic E-state index is 12.0. The highest BCUT2D eigenvalue weighted by Gasteiger charge is 2.18. The summed E-state index contributed by atoms with van der Waals surface area (Å²) in [5, 5.41) is 3.49. The Labute approximate surface area is 112 Å². The first-order valence-corrected chi connectivity index (χ1v) is 7.05. The third-order valence-electron chi connectivity index (χ3n) is 2.42. The topological polar surface area (TPSA) is 54.9 Å². The molecule has 1 rings (SSSR count). The van der Waals surface area contributed by atoms with E-state index in [1.165, 1.54) is 11.8 Å². The van der Waals surface area contributed by atoms with Crippen LogP contribution in [0, 0.1) is 6.92 Å². The van der Waals surface area contributed by atoms with Crippen LogP contribution < -0.4 is 5.32 Å². The molecular weight excluding hydrogens is 246 g/mol. The Bertz CT molecular complexity index is 458. The molecule has 1 aromatic heterocycles. The lowest BCUT2D eigenvalue weighted by Crippen LogP contribution is -2.26. The van der Waals surface area contributed by atoms with Crippen molar-refractivity contribution in [1.29, 1.82) is 0 Å². The molecule has 0 unspecified atom stereocenters. The molecule has 0 saturated carbocycles. The van der Waals surface area contributed by atoms with Gasteiger partial charge < -0.3 is 5.32 Å². The third kappa shape index (κ3) is 3.32. The molecule has 1 N–H and O–H groups in total. The maximum absolute atomic E-state index is 12.0. The highest BCUT2D eigenvalue weighted by molar-refractivity contribution is 7.98. The summed E-state index contributed by atoms with van der Waals surface area (Å²) in [6.07, 6.45) is 3.56. The zero-order valence-electron chi connectivity index (χ0n) is 11.3. The first kappa shape index (κ1) is 14.7. The predicted molar refractivity (Wildman–Crippen MR) is 75.2 cm³/mol. The molecule has 1 amide bonds. The number of carbonyl (C=O) groups is 1. The van der Waals surface area contributed by atoms with E-state index in [1.807, 2.05) is 27.0 Å². The van der Waals surface area contributed by atoms with Gasteiger partial charge in [0, 0.05) is 12.5 Å². The molecule has 98 valence electrons. The Morgan fingerprint density at radius 3 is 2.67 bits per heavy atom. The van der Waals surface area contributed by atoms with Gasteiger partial charge in [0.05, 0.1) is 11.3 Å². The Kier molecular flexibility index (Phi) is 5.34. The molecule has 4 nitrogen and oxygen atoms in total. The molecule has 0 bridgehead atoms. The molecule has 18 heavy (non-hydrogen) atoms. The standard InChI is InChI=1S/C13H19N3OS/c1-6-7-14-12(17)10-9(4)15-11(8(2)3)16-13(10)18-5/h6,8H,1,7H2,2-5H3,(H,14,17). The number of aryl methyl sites for hydroxylation is 1. The van der Waals surface area contributed by atoms with Gasteiger partial charge in [-0.05, 0) is 13.2 Å². The van der Waals surface area contributed by atoms with Crippen LogP contribution in [0.1, 0.15) is 41.6 Å². The van der Waals surface area contributed by atoms with Crippen molar-refractivity contribution < 1.29 is 4.79 Å². The van der Waals surface area contributed by atoms with Crippen LogP contribution in [0.15, 0.2) is 17.7 Å². The normalized spacial score (nSPS) is 10.5. The lowest BCUT2D eigenvalue weighted by Gasteiger charge is -2.12. The summed E-state index contributed by atoms with van der Waals surface area (Å²) in [5.41, 5.74) is 1.29. The van der Waals surface area contributed by atoms with Crippen LogP contribution in [0.2, 0.25) is 0 Å². The summed E-state index contributed by atoms with van der Waals surface area (Å²) in [4.78, 5) is 20.9. The predicted octanol–water partition coefficient (Wildman–Crippen LogP) is 2.55. The Morgan fingerprint density at radius 1 is 1.50 bits per heavy atom. The molecule has 0 fully saturated rings. The summed E-state index contributed by atoms with van der Waals surface area (Å²) in [6, 6.07) is 0. The lowest BCUT2D eigenvalue weighted by atomic mass is 10.1. The molecule has 5 heteroatoms. The fourth-order valence-electron chi connectivity index (χ4n) is 1.49. The minimum atomic E-state index is -0.146. The Morgan fingerprint density at radius 2 is 2.17 bits per heavy atom. The molecule has 0 aromatic carbocycles. The number of nitrogens with one attached hydrogen (secondary N) is 1. The van der Waals surface area contributed by atoms with E-state index < -0.39 is 0 Å². The minimum Gasteiger partial charge on any atom is -0.348 e. The van der Waals surface area contributed by atoms with E-state index in [1.54, 1.807) is 6.08 Å². The molecule has 0 aliphatic carbocycles. The molecular formula is C13H19N3OS. The summed E-state index contributed by atoms with van der Waals surface area (Å²) in [7, 11) is 0. The zero-order chi connectivity index (χ0) is 13.7. The van der Waals surface area contributed by atoms with E-state index in [0.717, 1.165) is 16.5 Å². The Balaban J connectivity index is 3.18. The number of thioether (sulfide) groups is 1. The van der Waals surface area contributed by atoms with Crippen LogP contribution in [0.25, 0.3) is 0 Å². The number of carbonyl (C=O) groups excluding carboxylic acids is 1. The molecule has 1 heterocycles. The average Bonchev–Trinajstić information content (AvgIpc) is 2.34. The second kappa shape index (κ2) is 6.54. The largest absolute Gasteiger partial charge is 0.348 e. The summed E-state index contributed by atoms with van der Waals surface area (Å²) < 4.78 is 0. The van der Waals surface area contributed by atoms with Crippen LogP contribution >= 0.6 is 11.8 Å². The molecule has 0 radical (unpaired) electrons. The van der Waals surface area contributed by atoms with E-state index in [-0.39, 0.29) is 11.8 Å². The fourth-order valence-corrected chi connectivity index (χ4v) is 2.12. The van der Waals surface area contributed by atoms with E-state index in [9.17, 15) is 4.79 Å². The number of rotatable bonds is 5. The van der Waals surface area contributed by atoms with Gasteiger partial charge in [0.25, 0.3) is 5.91 Å². The summed E-state index contributed by atoms with van der Waals surface area (Å²) in [5.74, 6) is 0.879. The minimum absolute atomic E-state index is 0.146. The number of hydrogen-bond donors (Lipinski definition) is 1. The first-order chi connectivity index (χ1) is 8.51. The number of nitrogens with zero attached hydrogens (tertiary/aromatic N) is 2. The number of aromatic nitrogens is 2. The van der Waals surface area contributed by atoms with Crippen molar-refractivity contribution in [2.45, 2.75) is 31.7 Å². The molecule has 0 atom stereocenters. The van der Waals surface area contributed by atoms with Crippen molar-refractivity contribution in [3.8, 4) is 0 Å².